The molecule has 1 N–H and O–H groups in total. The monoisotopic (exact) mass is 359 g/mol. The Balaban J connectivity index is 1.65. The third kappa shape index (κ3) is 7.10. The Morgan fingerprint density at radius 3 is 2.36 bits per heavy atom. The van der Waals surface area contributed by atoms with Crippen LogP contribution in [0.2, 0.25) is 0 Å². The molecule has 0 spiro atoms. The van der Waals surface area contributed by atoms with Crippen LogP contribution in [0.25, 0.3) is 0 Å². The lowest BCUT2D eigenvalue weighted by Crippen LogP contribution is -2.25. The number of ether oxygens (including phenoxy) is 2. The molecule has 5 heteroatoms. The summed E-state index contributed by atoms with van der Waals surface area (Å²) in [6.07, 6.45) is 2.08. The lowest BCUT2D eigenvalue weighted by Gasteiger charge is -2.09. The van der Waals surface area contributed by atoms with E-state index in [2.05, 4.69) is 17.4 Å². The van der Waals surface area contributed by atoms with E-state index in [-0.39, 0.29) is 5.91 Å². The first-order valence-corrected chi connectivity index (χ1v) is 9.36. The van der Waals surface area contributed by atoms with Crippen LogP contribution in [0.4, 0.5) is 0 Å². The van der Waals surface area contributed by atoms with Gasteiger partial charge in [0.15, 0.2) is 0 Å². The van der Waals surface area contributed by atoms with E-state index in [1.165, 1.54) is 4.90 Å². The number of thioether (sulfide) groups is 1. The minimum Gasteiger partial charge on any atom is -0.497 e. The van der Waals surface area contributed by atoms with Crippen molar-refractivity contribution >= 4 is 17.7 Å². The van der Waals surface area contributed by atoms with Crippen molar-refractivity contribution in [2.24, 2.45) is 0 Å². The van der Waals surface area contributed by atoms with Crippen molar-refractivity contribution in [1.29, 1.82) is 0 Å². The molecule has 25 heavy (non-hydrogen) atoms. The number of benzene rings is 2. The highest BCUT2D eigenvalue weighted by atomic mass is 32.2. The summed E-state index contributed by atoms with van der Waals surface area (Å²) in [5.74, 6) is 2.56. The molecule has 0 aliphatic carbocycles. The van der Waals surface area contributed by atoms with E-state index >= 15 is 0 Å². The molecule has 0 aromatic heterocycles. The normalized spacial score (nSPS) is 10.3. The molecular formula is C20H25NO3S. The molecule has 2 aromatic carbocycles. The van der Waals surface area contributed by atoms with Crippen LogP contribution in [0, 0.1) is 0 Å². The number of hydrogen-bond acceptors (Lipinski definition) is 4. The van der Waals surface area contributed by atoms with Gasteiger partial charge in [-0.25, -0.2) is 0 Å². The molecule has 4 nitrogen and oxygen atoms in total. The number of carbonyl (C=O) groups excluding carboxylic acids is 1. The quantitative estimate of drug-likeness (QED) is 0.516. The van der Waals surface area contributed by atoms with Crippen molar-refractivity contribution in [3.8, 4) is 11.5 Å². The second-order valence-corrected chi connectivity index (χ2v) is 6.75. The first-order valence-electron chi connectivity index (χ1n) is 8.38. The van der Waals surface area contributed by atoms with Crippen molar-refractivity contribution in [3.05, 3.63) is 54.1 Å². The Hall–Kier alpha value is -2.14. The van der Waals surface area contributed by atoms with Crippen molar-refractivity contribution in [3.63, 3.8) is 0 Å². The zero-order valence-electron chi connectivity index (χ0n) is 14.8. The minimum absolute atomic E-state index is 0.0755. The molecule has 2 rings (SSSR count). The summed E-state index contributed by atoms with van der Waals surface area (Å²) in [4.78, 5) is 13.2. The number of aryl methyl sites for hydroxylation is 1. The number of nitrogens with one attached hydrogen (secondary N) is 1. The number of amides is 1. The molecule has 0 atom stereocenters. The fourth-order valence-electron chi connectivity index (χ4n) is 2.36. The first kappa shape index (κ1) is 19.2. The predicted molar refractivity (Wildman–Crippen MR) is 103 cm³/mol. The van der Waals surface area contributed by atoms with Crippen molar-refractivity contribution in [1.82, 2.24) is 5.32 Å². The maximum absolute atomic E-state index is 12.0. The Kier molecular flexibility index (Phi) is 8.19. The smallest absolute Gasteiger partial charge is 0.220 e. The van der Waals surface area contributed by atoms with Crippen molar-refractivity contribution in [2.75, 3.05) is 26.5 Å². The molecule has 0 radical (unpaired) electrons. The van der Waals surface area contributed by atoms with E-state index in [0.717, 1.165) is 29.2 Å². The van der Waals surface area contributed by atoms with Crippen LogP contribution in [0.3, 0.4) is 0 Å². The van der Waals surface area contributed by atoms with Crippen LogP contribution < -0.4 is 14.8 Å². The summed E-state index contributed by atoms with van der Waals surface area (Å²) in [7, 11) is 3.25. The van der Waals surface area contributed by atoms with Crippen molar-refractivity contribution < 1.29 is 14.3 Å². The fourth-order valence-corrected chi connectivity index (χ4v) is 3.24. The van der Waals surface area contributed by atoms with Crippen LogP contribution in [-0.2, 0) is 11.2 Å². The van der Waals surface area contributed by atoms with Gasteiger partial charge in [-0.1, -0.05) is 18.2 Å². The highest BCUT2D eigenvalue weighted by Gasteiger charge is 2.05. The molecule has 0 fully saturated rings. The average molecular weight is 359 g/mol. The summed E-state index contributed by atoms with van der Waals surface area (Å²) in [6.45, 7) is 0.708. The molecule has 0 unspecified atom stereocenters. The molecule has 0 saturated carbocycles. The Morgan fingerprint density at radius 1 is 1.04 bits per heavy atom. The Morgan fingerprint density at radius 2 is 1.72 bits per heavy atom. The highest BCUT2D eigenvalue weighted by molar-refractivity contribution is 7.99. The Bertz CT molecular complexity index is 639. The second kappa shape index (κ2) is 10.7. The van der Waals surface area contributed by atoms with Gasteiger partial charge in [0.05, 0.1) is 14.2 Å². The second-order valence-electron chi connectivity index (χ2n) is 5.59. The van der Waals surface area contributed by atoms with Gasteiger partial charge in [0.2, 0.25) is 5.91 Å². The molecule has 134 valence electrons. The minimum atomic E-state index is 0.0755. The molecule has 2 aromatic rings. The van der Waals surface area contributed by atoms with E-state index in [0.29, 0.717) is 19.4 Å². The number of hydrogen-bond donors (Lipinski definition) is 1. The number of rotatable bonds is 10. The molecule has 0 bridgehead atoms. The van der Waals surface area contributed by atoms with Crippen LogP contribution in [0.5, 0.6) is 11.5 Å². The maximum Gasteiger partial charge on any atom is 0.220 e. The van der Waals surface area contributed by atoms with Gasteiger partial charge >= 0.3 is 0 Å². The van der Waals surface area contributed by atoms with Gasteiger partial charge in [-0.05, 0) is 48.4 Å². The van der Waals surface area contributed by atoms with Crippen LogP contribution in [-0.4, -0.2) is 32.4 Å². The van der Waals surface area contributed by atoms with Gasteiger partial charge in [-0.15, -0.1) is 11.8 Å². The lowest BCUT2D eigenvalue weighted by molar-refractivity contribution is -0.121. The van der Waals surface area contributed by atoms with Crippen LogP contribution in [0.1, 0.15) is 18.4 Å². The molecule has 1 amide bonds. The zero-order valence-corrected chi connectivity index (χ0v) is 15.6. The number of carbonyl (C=O) groups is 1. The molecule has 0 aliphatic heterocycles. The summed E-state index contributed by atoms with van der Waals surface area (Å²) in [5, 5.41) is 2.98. The Labute approximate surface area is 153 Å². The largest absolute Gasteiger partial charge is 0.497 e. The van der Waals surface area contributed by atoms with Gasteiger partial charge in [0.1, 0.15) is 11.5 Å². The average Bonchev–Trinajstić information content (AvgIpc) is 2.66. The summed E-state index contributed by atoms with van der Waals surface area (Å²) >= 11 is 1.81. The molecular weight excluding hydrogens is 334 g/mol. The summed E-state index contributed by atoms with van der Waals surface area (Å²) in [6, 6.07) is 16.0. The molecule has 0 saturated heterocycles. The predicted octanol–water partition coefficient (Wildman–Crippen LogP) is 3.94. The zero-order chi connectivity index (χ0) is 17.9. The van der Waals surface area contributed by atoms with E-state index in [1.54, 1.807) is 14.2 Å². The van der Waals surface area contributed by atoms with Crippen LogP contribution >= 0.6 is 11.8 Å². The van der Waals surface area contributed by atoms with E-state index < -0.39 is 0 Å². The summed E-state index contributed by atoms with van der Waals surface area (Å²) < 4.78 is 10.5. The molecule has 0 aliphatic rings. The SMILES string of the molecule is COc1cc(CCC(=O)NCCCSc2ccccc2)cc(OC)c1. The van der Waals surface area contributed by atoms with Crippen molar-refractivity contribution in [2.45, 2.75) is 24.2 Å². The van der Waals surface area contributed by atoms with Gasteiger partial charge in [-0.3, -0.25) is 4.79 Å². The standard InChI is InChI=1S/C20H25NO3S/c1-23-17-13-16(14-18(15-17)24-2)9-10-20(22)21-11-6-12-25-19-7-4-3-5-8-19/h3-5,7-8,13-15H,6,9-12H2,1-2H3,(H,21,22). The van der Waals surface area contributed by atoms with E-state index in [9.17, 15) is 4.79 Å². The lowest BCUT2D eigenvalue weighted by atomic mass is 10.1. The van der Waals surface area contributed by atoms with E-state index in [1.807, 2.05) is 48.2 Å². The van der Waals surface area contributed by atoms with Gasteiger partial charge in [-0.2, -0.15) is 0 Å². The van der Waals surface area contributed by atoms with Gasteiger partial charge in [0.25, 0.3) is 0 Å². The maximum atomic E-state index is 12.0. The van der Waals surface area contributed by atoms with E-state index in [4.69, 9.17) is 9.47 Å². The third-order valence-corrected chi connectivity index (χ3v) is 4.81. The topological polar surface area (TPSA) is 47.6 Å². The van der Waals surface area contributed by atoms with Gasteiger partial charge in [0, 0.05) is 23.9 Å². The highest BCUT2D eigenvalue weighted by Crippen LogP contribution is 2.23. The first-order chi connectivity index (χ1) is 12.2. The summed E-state index contributed by atoms with van der Waals surface area (Å²) in [5.41, 5.74) is 1.03. The van der Waals surface area contributed by atoms with Crippen LogP contribution in [0.15, 0.2) is 53.4 Å². The molecule has 0 heterocycles. The van der Waals surface area contributed by atoms with Gasteiger partial charge < -0.3 is 14.8 Å². The number of methoxy groups -OCH3 is 2. The third-order valence-electron chi connectivity index (χ3n) is 3.71. The fraction of sp³-hybridized carbons (Fsp3) is 0.350.